The van der Waals surface area contributed by atoms with E-state index in [1.54, 1.807) is 23.9 Å². The van der Waals surface area contributed by atoms with Crippen molar-refractivity contribution < 1.29 is 9.84 Å². The molecule has 0 amide bonds. The maximum atomic E-state index is 9.85. The number of aromatic hydroxyl groups is 1. The molecule has 3 rings (SSSR count). The molecular formula is C14H13N3O2. The highest BCUT2D eigenvalue weighted by atomic mass is 16.5. The van der Waals surface area contributed by atoms with Crippen molar-refractivity contribution in [2.45, 2.75) is 6.92 Å². The molecule has 0 saturated heterocycles. The third-order valence-corrected chi connectivity index (χ3v) is 2.96. The lowest BCUT2D eigenvalue weighted by Crippen LogP contribution is -1.96. The first-order valence-electron chi connectivity index (χ1n) is 5.88. The van der Waals surface area contributed by atoms with Gasteiger partial charge in [0, 0.05) is 11.6 Å². The number of nitrogens with zero attached hydrogens (tertiary/aromatic N) is 3. The molecular weight excluding hydrogens is 242 g/mol. The Kier molecular flexibility index (Phi) is 2.59. The van der Waals surface area contributed by atoms with Crippen molar-refractivity contribution in [3.8, 4) is 22.8 Å². The first-order valence-corrected chi connectivity index (χ1v) is 5.88. The van der Waals surface area contributed by atoms with E-state index in [-0.39, 0.29) is 5.75 Å². The van der Waals surface area contributed by atoms with Crippen LogP contribution >= 0.6 is 0 Å². The van der Waals surface area contributed by atoms with Crippen molar-refractivity contribution in [3.05, 3.63) is 42.2 Å². The third kappa shape index (κ3) is 1.89. The van der Waals surface area contributed by atoms with Gasteiger partial charge in [-0.2, -0.15) is 5.10 Å². The minimum Gasteiger partial charge on any atom is -0.504 e. The lowest BCUT2D eigenvalue weighted by molar-refractivity contribution is 0.415. The predicted octanol–water partition coefficient (Wildman–Crippen LogP) is 2.42. The zero-order valence-corrected chi connectivity index (χ0v) is 10.7. The standard InChI is InChI=1S/C14H13N3O2/c1-9-7-13(18)14-15-8-12(17(14)16-9)10-3-5-11(19-2)6-4-10/h3-8,18H,1-2H3. The molecule has 0 aliphatic carbocycles. The van der Waals surface area contributed by atoms with Gasteiger partial charge in [-0.15, -0.1) is 0 Å². The zero-order chi connectivity index (χ0) is 13.4. The van der Waals surface area contributed by atoms with Crippen LogP contribution in [-0.4, -0.2) is 26.8 Å². The molecule has 2 heterocycles. The highest BCUT2D eigenvalue weighted by Crippen LogP contribution is 2.26. The van der Waals surface area contributed by atoms with Gasteiger partial charge in [0.1, 0.15) is 5.75 Å². The summed E-state index contributed by atoms with van der Waals surface area (Å²) in [4.78, 5) is 4.20. The Morgan fingerprint density at radius 3 is 2.63 bits per heavy atom. The van der Waals surface area contributed by atoms with Gasteiger partial charge in [-0.25, -0.2) is 9.50 Å². The van der Waals surface area contributed by atoms with Gasteiger partial charge in [-0.1, -0.05) is 0 Å². The molecule has 0 aliphatic heterocycles. The van der Waals surface area contributed by atoms with E-state index in [4.69, 9.17) is 4.74 Å². The Hall–Kier alpha value is -2.56. The van der Waals surface area contributed by atoms with Gasteiger partial charge < -0.3 is 9.84 Å². The van der Waals surface area contributed by atoms with Crippen LogP contribution in [0.15, 0.2) is 36.5 Å². The highest BCUT2D eigenvalue weighted by Gasteiger charge is 2.11. The number of ether oxygens (including phenoxy) is 1. The minimum absolute atomic E-state index is 0.132. The molecule has 0 atom stereocenters. The maximum absolute atomic E-state index is 9.85. The van der Waals surface area contributed by atoms with Crippen LogP contribution in [0, 0.1) is 6.92 Å². The summed E-state index contributed by atoms with van der Waals surface area (Å²) in [7, 11) is 1.63. The summed E-state index contributed by atoms with van der Waals surface area (Å²) < 4.78 is 6.78. The predicted molar refractivity (Wildman–Crippen MR) is 71.4 cm³/mol. The molecule has 0 fully saturated rings. The molecule has 5 nitrogen and oxygen atoms in total. The van der Waals surface area contributed by atoms with E-state index in [9.17, 15) is 5.11 Å². The van der Waals surface area contributed by atoms with Gasteiger partial charge in [-0.3, -0.25) is 0 Å². The molecule has 0 unspecified atom stereocenters. The normalized spacial score (nSPS) is 10.8. The molecule has 0 aliphatic rings. The summed E-state index contributed by atoms with van der Waals surface area (Å²) in [6.45, 7) is 1.83. The largest absolute Gasteiger partial charge is 0.504 e. The lowest BCUT2D eigenvalue weighted by atomic mass is 10.1. The molecule has 0 radical (unpaired) electrons. The molecule has 0 spiro atoms. The van der Waals surface area contributed by atoms with Crippen molar-refractivity contribution in [1.29, 1.82) is 0 Å². The second-order valence-electron chi connectivity index (χ2n) is 4.28. The van der Waals surface area contributed by atoms with Gasteiger partial charge in [0.25, 0.3) is 0 Å². The number of hydrogen-bond acceptors (Lipinski definition) is 4. The van der Waals surface area contributed by atoms with Crippen molar-refractivity contribution in [3.63, 3.8) is 0 Å². The van der Waals surface area contributed by atoms with E-state index < -0.39 is 0 Å². The average Bonchev–Trinajstić information content (AvgIpc) is 2.83. The molecule has 2 aromatic heterocycles. The van der Waals surface area contributed by atoms with Gasteiger partial charge in [0.05, 0.1) is 24.7 Å². The summed E-state index contributed by atoms with van der Waals surface area (Å²) >= 11 is 0. The number of aromatic nitrogens is 3. The number of benzene rings is 1. The van der Waals surface area contributed by atoms with Crippen LogP contribution in [0.1, 0.15) is 5.69 Å². The zero-order valence-electron chi connectivity index (χ0n) is 10.7. The topological polar surface area (TPSA) is 59.7 Å². The second-order valence-corrected chi connectivity index (χ2v) is 4.28. The maximum Gasteiger partial charge on any atom is 0.196 e. The first kappa shape index (κ1) is 11.5. The van der Waals surface area contributed by atoms with E-state index in [1.807, 2.05) is 31.2 Å². The van der Waals surface area contributed by atoms with Crippen LogP contribution in [-0.2, 0) is 0 Å². The van der Waals surface area contributed by atoms with Crippen LogP contribution in [0.5, 0.6) is 11.5 Å². The fourth-order valence-electron chi connectivity index (χ4n) is 2.03. The molecule has 1 aromatic carbocycles. The quantitative estimate of drug-likeness (QED) is 0.764. The van der Waals surface area contributed by atoms with Crippen LogP contribution in [0.4, 0.5) is 0 Å². The number of rotatable bonds is 2. The second kappa shape index (κ2) is 4.28. The SMILES string of the molecule is COc1ccc(-c2cnc3c(O)cc(C)nn23)cc1. The fourth-order valence-corrected chi connectivity index (χ4v) is 2.03. The lowest BCUT2D eigenvalue weighted by Gasteiger charge is -2.04. The van der Waals surface area contributed by atoms with Crippen molar-refractivity contribution in [2.24, 2.45) is 0 Å². The van der Waals surface area contributed by atoms with Crippen LogP contribution in [0.2, 0.25) is 0 Å². The number of methoxy groups -OCH3 is 1. The Balaban J connectivity index is 2.19. The summed E-state index contributed by atoms with van der Waals surface area (Å²) in [5.41, 5.74) is 2.98. The highest BCUT2D eigenvalue weighted by molar-refractivity contribution is 5.66. The van der Waals surface area contributed by atoms with E-state index >= 15 is 0 Å². The van der Waals surface area contributed by atoms with Crippen molar-refractivity contribution in [1.82, 2.24) is 14.6 Å². The summed E-state index contributed by atoms with van der Waals surface area (Å²) in [6.07, 6.45) is 1.70. The van der Waals surface area contributed by atoms with Crippen LogP contribution < -0.4 is 4.74 Å². The van der Waals surface area contributed by atoms with Crippen molar-refractivity contribution in [2.75, 3.05) is 7.11 Å². The minimum atomic E-state index is 0.132. The summed E-state index contributed by atoms with van der Waals surface area (Å²) in [6, 6.07) is 9.22. The molecule has 5 heteroatoms. The Morgan fingerprint density at radius 2 is 1.95 bits per heavy atom. The number of hydrogen-bond donors (Lipinski definition) is 1. The Morgan fingerprint density at radius 1 is 1.21 bits per heavy atom. The van der Waals surface area contributed by atoms with Crippen molar-refractivity contribution >= 4 is 5.65 Å². The fraction of sp³-hybridized carbons (Fsp3) is 0.143. The Labute approximate surface area is 110 Å². The van der Waals surface area contributed by atoms with Gasteiger partial charge >= 0.3 is 0 Å². The van der Waals surface area contributed by atoms with Gasteiger partial charge in [0.15, 0.2) is 11.4 Å². The average molecular weight is 255 g/mol. The third-order valence-electron chi connectivity index (χ3n) is 2.96. The molecule has 3 aromatic rings. The van der Waals surface area contributed by atoms with E-state index in [0.717, 1.165) is 22.7 Å². The first-order chi connectivity index (χ1) is 9.19. The number of fused-ring (bicyclic) bond motifs is 1. The number of aryl methyl sites for hydroxylation is 1. The van der Waals surface area contributed by atoms with Gasteiger partial charge in [-0.05, 0) is 31.2 Å². The molecule has 1 N–H and O–H groups in total. The molecule has 0 saturated carbocycles. The monoisotopic (exact) mass is 255 g/mol. The van der Waals surface area contributed by atoms with E-state index in [2.05, 4.69) is 10.1 Å². The summed E-state index contributed by atoms with van der Waals surface area (Å²) in [5, 5.41) is 14.2. The number of imidazole rings is 1. The van der Waals surface area contributed by atoms with E-state index in [0.29, 0.717) is 5.65 Å². The molecule has 19 heavy (non-hydrogen) atoms. The smallest absolute Gasteiger partial charge is 0.196 e. The molecule has 0 bridgehead atoms. The Bertz CT molecular complexity index is 732. The summed E-state index contributed by atoms with van der Waals surface area (Å²) in [5.74, 6) is 0.928. The van der Waals surface area contributed by atoms with Crippen LogP contribution in [0.3, 0.4) is 0 Å². The van der Waals surface area contributed by atoms with E-state index in [1.165, 1.54) is 0 Å². The van der Waals surface area contributed by atoms with Gasteiger partial charge in [0.2, 0.25) is 0 Å². The van der Waals surface area contributed by atoms with Crippen LogP contribution in [0.25, 0.3) is 16.9 Å². The molecule has 96 valence electrons.